The van der Waals surface area contributed by atoms with Crippen molar-refractivity contribution >= 4 is 22.5 Å². The molecule has 0 aliphatic rings. The van der Waals surface area contributed by atoms with E-state index in [0.717, 1.165) is 33.5 Å². The smallest absolute Gasteiger partial charge is 0.231 e. The van der Waals surface area contributed by atoms with Gasteiger partial charge >= 0.3 is 0 Å². The Balaban J connectivity index is 1.66. The lowest BCUT2D eigenvalue weighted by molar-refractivity contribution is -0.118. The van der Waals surface area contributed by atoms with Gasteiger partial charge in [-0.1, -0.05) is 42.0 Å². The molecule has 2 heterocycles. The predicted octanol–water partition coefficient (Wildman–Crippen LogP) is 4.91. The summed E-state index contributed by atoms with van der Waals surface area (Å²) in [5.41, 5.74) is 3.81. The van der Waals surface area contributed by atoms with E-state index in [-0.39, 0.29) is 12.3 Å². The van der Waals surface area contributed by atoms with Crippen LogP contribution < -0.4 is 4.90 Å². The number of para-hydroxylation sites is 1. The molecule has 4 heteroatoms. The van der Waals surface area contributed by atoms with Gasteiger partial charge in [-0.05, 0) is 42.8 Å². The lowest BCUT2D eigenvalue weighted by Crippen LogP contribution is -2.31. The molecule has 0 atom stereocenters. The van der Waals surface area contributed by atoms with Crippen LogP contribution in [0.25, 0.3) is 10.9 Å². The van der Waals surface area contributed by atoms with Crippen LogP contribution in [0, 0.1) is 6.92 Å². The van der Waals surface area contributed by atoms with Crippen LogP contribution in [0.15, 0.2) is 83.6 Å². The van der Waals surface area contributed by atoms with Gasteiger partial charge in [0.15, 0.2) is 0 Å². The van der Waals surface area contributed by atoms with E-state index in [0.29, 0.717) is 6.54 Å². The van der Waals surface area contributed by atoms with Gasteiger partial charge in [-0.25, -0.2) is 0 Å². The first-order chi connectivity index (χ1) is 13.2. The van der Waals surface area contributed by atoms with Crippen molar-refractivity contribution in [3.05, 3.63) is 96.1 Å². The number of anilines is 1. The van der Waals surface area contributed by atoms with Crippen molar-refractivity contribution in [2.75, 3.05) is 4.90 Å². The number of aromatic nitrogens is 1. The number of hydrogen-bond acceptors (Lipinski definition) is 3. The summed E-state index contributed by atoms with van der Waals surface area (Å²) in [5.74, 6) is 0.758. The van der Waals surface area contributed by atoms with Gasteiger partial charge < -0.3 is 9.32 Å². The van der Waals surface area contributed by atoms with Crippen LogP contribution in [0.2, 0.25) is 0 Å². The van der Waals surface area contributed by atoms with Crippen LogP contribution in [0.5, 0.6) is 0 Å². The van der Waals surface area contributed by atoms with Crippen LogP contribution in [0.4, 0.5) is 5.69 Å². The highest BCUT2D eigenvalue weighted by Crippen LogP contribution is 2.22. The topological polar surface area (TPSA) is 46.3 Å². The molecule has 0 radical (unpaired) electrons. The standard InChI is InChI=1S/C23H20N2O2/c1-17-9-11-20(12-10-17)25(16-21-8-4-14-27-21)22(26)15-19-6-2-5-18-7-3-13-24-23(18)19/h2-14H,15-16H2,1H3. The molecule has 0 aliphatic heterocycles. The summed E-state index contributed by atoms with van der Waals surface area (Å²) >= 11 is 0. The number of nitrogens with zero attached hydrogens (tertiary/aromatic N) is 2. The van der Waals surface area contributed by atoms with E-state index < -0.39 is 0 Å². The van der Waals surface area contributed by atoms with E-state index in [4.69, 9.17) is 4.42 Å². The average Bonchev–Trinajstić information content (AvgIpc) is 3.20. The number of carbonyl (C=O) groups is 1. The molecule has 4 aromatic rings. The summed E-state index contributed by atoms with van der Waals surface area (Å²) in [5, 5.41) is 1.04. The summed E-state index contributed by atoms with van der Waals surface area (Å²) < 4.78 is 5.47. The Hall–Kier alpha value is -3.40. The maximum Gasteiger partial charge on any atom is 0.231 e. The third-order valence-electron chi connectivity index (χ3n) is 4.60. The third-order valence-corrected chi connectivity index (χ3v) is 4.60. The zero-order valence-corrected chi connectivity index (χ0v) is 15.1. The molecule has 0 saturated heterocycles. The fourth-order valence-electron chi connectivity index (χ4n) is 3.17. The van der Waals surface area contributed by atoms with Gasteiger partial charge in [0.1, 0.15) is 5.76 Å². The zero-order valence-electron chi connectivity index (χ0n) is 15.1. The van der Waals surface area contributed by atoms with Crippen LogP contribution in [0.3, 0.4) is 0 Å². The first kappa shape index (κ1) is 17.0. The average molecular weight is 356 g/mol. The van der Waals surface area contributed by atoms with Crippen molar-refractivity contribution in [3.63, 3.8) is 0 Å². The summed E-state index contributed by atoms with van der Waals surface area (Å²) in [6.45, 7) is 2.43. The number of furan rings is 1. The van der Waals surface area contributed by atoms with E-state index in [1.807, 2.05) is 73.7 Å². The summed E-state index contributed by atoms with van der Waals surface area (Å²) in [6, 6.07) is 21.5. The van der Waals surface area contributed by atoms with Gasteiger partial charge in [0.2, 0.25) is 5.91 Å². The monoisotopic (exact) mass is 356 g/mol. The summed E-state index contributed by atoms with van der Waals surface area (Å²) in [7, 11) is 0. The lowest BCUT2D eigenvalue weighted by Gasteiger charge is -2.22. The minimum Gasteiger partial charge on any atom is -0.467 e. The molecule has 2 aromatic carbocycles. The van der Waals surface area contributed by atoms with Crippen molar-refractivity contribution < 1.29 is 9.21 Å². The molecular formula is C23H20N2O2. The molecule has 0 fully saturated rings. The van der Waals surface area contributed by atoms with Crippen LogP contribution in [-0.2, 0) is 17.8 Å². The van der Waals surface area contributed by atoms with Gasteiger partial charge in [0, 0.05) is 17.3 Å². The molecule has 1 amide bonds. The molecule has 0 unspecified atom stereocenters. The Labute approximate surface area is 158 Å². The number of fused-ring (bicyclic) bond motifs is 1. The predicted molar refractivity (Wildman–Crippen MR) is 107 cm³/mol. The molecule has 0 aliphatic carbocycles. The van der Waals surface area contributed by atoms with Gasteiger partial charge in [0.05, 0.1) is 24.7 Å². The number of aryl methyl sites for hydroxylation is 1. The van der Waals surface area contributed by atoms with Gasteiger partial charge in [-0.2, -0.15) is 0 Å². The Bertz CT molecular complexity index is 1050. The fourth-order valence-corrected chi connectivity index (χ4v) is 3.17. The Morgan fingerprint density at radius 3 is 2.59 bits per heavy atom. The first-order valence-electron chi connectivity index (χ1n) is 8.93. The number of rotatable bonds is 5. The normalized spacial score (nSPS) is 10.9. The van der Waals surface area contributed by atoms with Crippen LogP contribution in [-0.4, -0.2) is 10.9 Å². The maximum absolute atomic E-state index is 13.2. The minimum absolute atomic E-state index is 0.00778. The summed E-state index contributed by atoms with van der Waals surface area (Å²) in [6.07, 6.45) is 3.67. The SMILES string of the molecule is Cc1ccc(N(Cc2ccco2)C(=O)Cc2cccc3cccnc23)cc1. The van der Waals surface area contributed by atoms with Crippen molar-refractivity contribution in [2.24, 2.45) is 0 Å². The van der Waals surface area contributed by atoms with E-state index in [9.17, 15) is 4.79 Å². The van der Waals surface area contributed by atoms with Gasteiger partial charge in [0.25, 0.3) is 0 Å². The molecule has 0 saturated carbocycles. The van der Waals surface area contributed by atoms with Crippen molar-refractivity contribution in [1.29, 1.82) is 0 Å². The van der Waals surface area contributed by atoms with Crippen molar-refractivity contribution in [1.82, 2.24) is 4.98 Å². The highest BCUT2D eigenvalue weighted by atomic mass is 16.3. The van der Waals surface area contributed by atoms with Gasteiger partial charge in [-0.15, -0.1) is 0 Å². The molecule has 0 spiro atoms. The highest BCUT2D eigenvalue weighted by Gasteiger charge is 2.19. The second-order valence-corrected chi connectivity index (χ2v) is 6.56. The minimum atomic E-state index is 0.00778. The van der Waals surface area contributed by atoms with E-state index >= 15 is 0 Å². The van der Waals surface area contributed by atoms with Gasteiger partial charge in [-0.3, -0.25) is 9.78 Å². The van der Waals surface area contributed by atoms with E-state index in [1.54, 1.807) is 17.4 Å². The first-order valence-corrected chi connectivity index (χ1v) is 8.93. The Morgan fingerprint density at radius 1 is 1.00 bits per heavy atom. The van der Waals surface area contributed by atoms with Crippen molar-refractivity contribution in [3.8, 4) is 0 Å². The zero-order chi connectivity index (χ0) is 18.6. The molecule has 27 heavy (non-hydrogen) atoms. The molecule has 134 valence electrons. The maximum atomic E-state index is 13.2. The molecule has 4 nitrogen and oxygen atoms in total. The largest absolute Gasteiger partial charge is 0.467 e. The number of pyridine rings is 1. The van der Waals surface area contributed by atoms with Crippen LogP contribution in [0.1, 0.15) is 16.9 Å². The molecule has 0 bridgehead atoms. The fraction of sp³-hybridized carbons (Fsp3) is 0.130. The number of amides is 1. The molecule has 4 rings (SSSR count). The lowest BCUT2D eigenvalue weighted by atomic mass is 10.1. The second kappa shape index (κ2) is 7.46. The summed E-state index contributed by atoms with van der Waals surface area (Å²) in [4.78, 5) is 19.5. The second-order valence-electron chi connectivity index (χ2n) is 6.56. The Kier molecular flexibility index (Phi) is 4.71. The number of carbonyl (C=O) groups excluding carboxylic acids is 1. The molecule has 2 aromatic heterocycles. The Morgan fingerprint density at radius 2 is 1.81 bits per heavy atom. The van der Waals surface area contributed by atoms with Crippen molar-refractivity contribution in [2.45, 2.75) is 19.9 Å². The molecule has 0 N–H and O–H groups in total. The quantitative estimate of drug-likeness (QED) is 0.510. The van der Waals surface area contributed by atoms with Crippen LogP contribution >= 0.6 is 0 Å². The highest BCUT2D eigenvalue weighted by molar-refractivity contribution is 5.97. The van der Waals surface area contributed by atoms with E-state index in [1.165, 1.54) is 0 Å². The number of hydrogen-bond donors (Lipinski definition) is 0. The third kappa shape index (κ3) is 3.75. The molecular weight excluding hydrogens is 336 g/mol. The van der Waals surface area contributed by atoms with E-state index in [2.05, 4.69) is 4.98 Å². The number of benzene rings is 2.